The van der Waals surface area contributed by atoms with Crippen molar-refractivity contribution in [2.75, 3.05) is 23.1 Å². The molecule has 2 aromatic carbocycles. The first kappa shape index (κ1) is 21.0. The van der Waals surface area contributed by atoms with Gasteiger partial charge in [-0.2, -0.15) is 0 Å². The van der Waals surface area contributed by atoms with Gasteiger partial charge in [0.25, 0.3) is 5.91 Å². The Morgan fingerprint density at radius 3 is 2.37 bits per heavy atom. The molecular weight excluding hydrogens is 393 g/mol. The Hall–Kier alpha value is -2.26. The van der Waals surface area contributed by atoms with Gasteiger partial charge in [-0.1, -0.05) is 6.07 Å². The number of rotatable bonds is 7. The topological polar surface area (TPSA) is 97.4 Å². The van der Waals surface area contributed by atoms with Crippen molar-refractivity contribution in [2.24, 2.45) is 0 Å². The highest BCUT2D eigenvalue weighted by Gasteiger charge is 2.18. The van der Waals surface area contributed by atoms with E-state index >= 15 is 0 Å². The van der Waals surface area contributed by atoms with Crippen molar-refractivity contribution in [1.82, 2.24) is 0 Å². The molecule has 0 aliphatic heterocycles. The molecule has 0 aliphatic rings. The Labute approximate surface area is 158 Å². The number of halogens is 1. The molecule has 9 heteroatoms. The standard InChI is InChI=1S/C18H20FNO5S2/c1-13-11-15(7-8-17(13)19)20-18(21)14-5-3-6-16(12-14)27(24,25)10-4-9-26(2,22)23/h3,5-8,11-12H,4,9-10H2,1-2H3,(H,20,21). The molecule has 0 unspecified atom stereocenters. The number of amides is 1. The molecule has 0 radical (unpaired) electrons. The summed E-state index contributed by atoms with van der Waals surface area (Å²) in [6.45, 7) is 1.56. The molecule has 0 fully saturated rings. The zero-order valence-electron chi connectivity index (χ0n) is 14.9. The van der Waals surface area contributed by atoms with Crippen molar-refractivity contribution in [2.45, 2.75) is 18.2 Å². The number of carbonyl (C=O) groups excluding carboxylic acids is 1. The highest BCUT2D eigenvalue weighted by molar-refractivity contribution is 7.92. The Morgan fingerprint density at radius 1 is 1.04 bits per heavy atom. The maximum Gasteiger partial charge on any atom is 0.255 e. The van der Waals surface area contributed by atoms with E-state index in [9.17, 15) is 26.0 Å². The van der Waals surface area contributed by atoms with Gasteiger partial charge in [-0.15, -0.1) is 0 Å². The molecule has 0 heterocycles. The van der Waals surface area contributed by atoms with Crippen LogP contribution in [0.25, 0.3) is 0 Å². The van der Waals surface area contributed by atoms with Crippen LogP contribution in [0.5, 0.6) is 0 Å². The van der Waals surface area contributed by atoms with E-state index in [0.717, 1.165) is 6.26 Å². The number of benzene rings is 2. The third-order valence-corrected chi connectivity index (χ3v) is 6.63. The van der Waals surface area contributed by atoms with Gasteiger partial charge in [0.05, 0.1) is 16.4 Å². The lowest BCUT2D eigenvalue weighted by atomic mass is 10.2. The molecule has 0 bridgehead atoms. The average molecular weight is 413 g/mol. The van der Waals surface area contributed by atoms with Gasteiger partial charge >= 0.3 is 0 Å². The molecule has 2 rings (SSSR count). The molecule has 6 nitrogen and oxygen atoms in total. The Balaban J connectivity index is 2.15. The van der Waals surface area contributed by atoms with Crippen LogP contribution in [0.1, 0.15) is 22.3 Å². The summed E-state index contributed by atoms with van der Waals surface area (Å²) in [7, 11) is -6.96. The Morgan fingerprint density at radius 2 is 1.74 bits per heavy atom. The minimum Gasteiger partial charge on any atom is -0.322 e. The van der Waals surface area contributed by atoms with Crippen LogP contribution in [0.2, 0.25) is 0 Å². The lowest BCUT2D eigenvalue weighted by Crippen LogP contribution is -2.15. The van der Waals surface area contributed by atoms with Crippen molar-refractivity contribution in [3.8, 4) is 0 Å². The van der Waals surface area contributed by atoms with Crippen LogP contribution in [-0.2, 0) is 19.7 Å². The maximum absolute atomic E-state index is 13.3. The van der Waals surface area contributed by atoms with Gasteiger partial charge in [0.15, 0.2) is 9.84 Å². The van der Waals surface area contributed by atoms with Crippen LogP contribution < -0.4 is 5.32 Å². The summed E-state index contributed by atoms with van der Waals surface area (Å²) in [6.07, 6.45) is 1.02. The van der Waals surface area contributed by atoms with Crippen LogP contribution in [-0.4, -0.2) is 40.5 Å². The maximum atomic E-state index is 13.3. The molecule has 0 atom stereocenters. The molecule has 0 aromatic heterocycles. The van der Waals surface area contributed by atoms with Crippen molar-refractivity contribution in [3.63, 3.8) is 0 Å². The van der Waals surface area contributed by atoms with Crippen LogP contribution in [0.15, 0.2) is 47.4 Å². The van der Waals surface area contributed by atoms with E-state index in [1.165, 1.54) is 42.5 Å². The predicted molar refractivity (Wildman–Crippen MR) is 102 cm³/mol. The number of hydrogen-bond acceptors (Lipinski definition) is 5. The molecule has 27 heavy (non-hydrogen) atoms. The summed E-state index contributed by atoms with van der Waals surface area (Å²) in [5.74, 6) is -1.48. The second-order valence-corrected chi connectivity index (χ2v) is 10.6. The van der Waals surface area contributed by atoms with E-state index in [-0.39, 0.29) is 28.4 Å². The van der Waals surface area contributed by atoms with Gasteiger partial charge in [-0.25, -0.2) is 21.2 Å². The number of hydrogen-bond donors (Lipinski definition) is 1. The van der Waals surface area contributed by atoms with Gasteiger partial charge in [0, 0.05) is 17.5 Å². The normalized spacial score (nSPS) is 12.0. The van der Waals surface area contributed by atoms with Crippen LogP contribution >= 0.6 is 0 Å². The van der Waals surface area contributed by atoms with E-state index in [0.29, 0.717) is 11.3 Å². The first-order chi connectivity index (χ1) is 12.5. The fraction of sp³-hybridized carbons (Fsp3) is 0.278. The quantitative estimate of drug-likeness (QED) is 0.752. The lowest BCUT2D eigenvalue weighted by Gasteiger charge is -2.09. The number of anilines is 1. The smallest absolute Gasteiger partial charge is 0.255 e. The highest BCUT2D eigenvalue weighted by atomic mass is 32.2. The summed E-state index contributed by atoms with van der Waals surface area (Å²) < 4.78 is 60.3. The van der Waals surface area contributed by atoms with E-state index in [1.807, 2.05) is 0 Å². The lowest BCUT2D eigenvalue weighted by molar-refractivity contribution is 0.102. The second-order valence-electron chi connectivity index (χ2n) is 6.25. The van der Waals surface area contributed by atoms with E-state index in [1.54, 1.807) is 6.92 Å². The average Bonchev–Trinajstić information content (AvgIpc) is 2.57. The van der Waals surface area contributed by atoms with Crippen molar-refractivity contribution in [3.05, 3.63) is 59.4 Å². The van der Waals surface area contributed by atoms with Crippen molar-refractivity contribution in [1.29, 1.82) is 0 Å². The van der Waals surface area contributed by atoms with Gasteiger partial charge in [0.2, 0.25) is 0 Å². The molecular formula is C18H20FNO5S2. The fourth-order valence-electron chi connectivity index (χ4n) is 2.39. The van der Waals surface area contributed by atoms with E-state index in [2.05, 4.69) is 5.32 Å². The number of carbonyl (C=O) groups is 1. The highest BCUT2D eigenvalue weighted by Crippen LogP contribution is 2.18. The van der Waals surface area contributed by atoms with Gasteiger partial charge in [-0.05, 0) is 55.3 Å². The molecule has 0 spiro atoms. The van der Waals surface area contributed by atoms with E-state index in [4.69, 9.17) is 0 Å². The predicted octanol–water partition coefficient (Wildman–Crippen LogP) is 2.59. The summed E-state index contributed by atoms with van der Waals surface area (Å²) in [6, 6.07) is 9.60. The summed E-state index contributed by atoms with van der Waals surface area (Å²) >= 11 is 0. The van der Waals surface area contributed by atoms with Crippen LogP contribution in [0, 0.1) is 12.7 Å². The van der Waals surface area contributed by atoms with Crippen molar-refractivity contribution < 1.29 is 26.0 Å². The molecule has 1 N–H and O–H groups in total. The Kier molecular flexibility index (Phi) is 6.38. The first-order valence-corrected chi connectivity index (χ1v) is 11.8. The molecule has 146 valence electrons. The zero-order valence-corrected chi connectivity index (χ0v) is 16.5. The minimum atomic E-state index is -3.72. The number of nitrogens with one attached hydrogen (secondary N) is 1. The third-order valence-electron chi connectivity index (χ3n) is 3.80. The van der Waals surface area contributed by atoms with E-state index < -0.39 is 31.4 Å². The van der Waals surface area contributed by atoms with Crippen LogP contribution in [0.3, 0.4) is 0 Å². The molecule has 0 saturated heterocycles. The molecule has 0 aliphatic carbocycles. The fourth-order valence-corrected chi connectivity index (χ4v) is 4.59. The van der Waals surface area contributed by atoms with Gasteiger partial charge < -0.3 is 5.32 Å². The van der Waals surface area contributed by atoms with Crippen molar-refractivity contribution >= 4 is 31.3 Å². The molecule has 1 amide bonds. The summed E-state index contributed by atoms with van der Waals surface area (Å²) in [5.41, 5.74) is 0.886. The second kappa shape index (κ2) is 8.18. The largest absolute Gasteiger partial charge is 0.322 e. The monoisotopic (exact) mass is 413 g/mol. The number of sulfone groups is 2. The summed E-state index contributed by atoms with van der Waals surface area (Å²) in [5, 5.41) is 2.59. The Bertz CT molecular complexity index is 1060. The SMILES string of the molecule is Cc1cc(NC(=O)c2cccc(S(=O)(=O)CCCS(C)(=O)=O)c2)ccc1F. The first-order valence-electron chi connectivity index (χ1n) is 8.06. The van der Waals surface area contributed by atoms with Gasteiger partial charge in [0.1, 0.15) is 15.7 Å². The summed E-state index contributed by atoms with van der Waals surface area (Å²) in [4.78, 5) is 12.3. The number of aryl methyl sites for hydroxylation is 1. The van der Waals surface area contributed by atoms with Gasteiger partial charge in [-0.3, -0.25) is 4.79 Å². The molecule has 2 aromatic rings. The minimum absolute atomic E-state index is 0.0214. The zero-order chi connectivity index (χ0) is 20.2. The van der Waals surface area contributed by atoms with Crippen LogP contribution in [0.4, 0.5) is 10.1 Å². The third kappa shape index (κ3) is 6.14. The molecule has 0 saturated carbocycles.